The van der Waals surface area contributed by atoms with Crippen LogP contribution in [0.1, 0.15) is 55.8 Å². The Labute approximate surface area is 163 Å². The SMILES string of the molecule is CCCCc1nc2sc3c(NC[C@@H]4CCCO4)ncnc3c2c2c1CCC2. The first-order valence-corrected chi connectivity index (χ1v) is 11.1. The smallest absolute Gasteiger partial charge is 0.147 e. The molecule has 1 saturated heterocycles. The fourth-order valence-electron chi connectivity index (χ4n) is 4.47. The minimum absolute atomic E-state index is 0.299. The maximum Gasteiger partial charge on any atom is 0.147 e. The monoisotopic (exact) mass is 382 g/mol. The second-order valence-corrected chi connectivity index (χ2v) is 8.67. The summed E-state index contributed by atoms with van der Waals surface area (Å²) < 4.78 is 6.88. The fraction of sp³-hybridized carbons (Fsp3) is 0.571. The lowest BCUT2D eigenvalue weighted by Gasteiger charge is -2.11. The standard InChI is InChI=1S/C21H26N4OS/c1-2-3-9-16-14-7-4-8-15(14)17-18-19(27-21(17)25-16)20(24-12-23-18)22-11-13-6-5-10-26-13/h12-13H,2-11H2,1H3,(H,22,23,24)/t13-/m0/s1. The maximum absolute atomic E-state index is 5.74. The number of thiophene rings is 1. The Bertz CT molecular complexity index is 977. The van der Waals surface area contributed by atoms with Crippen LogP contribution in [-0.4, -0.2) is 34.2 Å². The summed E-state index contributed by atoms with van der Waals surface area (Å²) >= 11 is 1.74. The zero-order valence-corrected chi connectivity index (χ0v) is 16.7. The second kappa shape index (κ2) is 7.32. The summed E-state index contributed by atoms with van der Waals surface area (Å²) in [5, 5.41) is 4.80. The van der Waals surface area contributed by atoms with Gasteiger partial charge in [-0.2, -0.15) is 0 Å². The van der Waals surface area contributed by atoms with Gasteiger partial charge in [0.15, 0.2) is 0 Å². The number of fused-ring (bicyclic) bond motifs is 5. The van der Waals surface area contributed by atoms with Crippen LogP contribution in [0.15, 0.2) is 6.33 Å². The molecule has 0 spiro atoms. The lowest BCUT2D eigenvalue weighted by atomic mass is 10.0. The molecular weight excluding hydrogens is 356 g/mol. The summed E-state index contributed by atoms with van der Waals surface area (Å²) in [5.41, 5.74) is 5.40. The summed E-state index contributed by atoms with van der Waals surface area (Å²) in [6, 6.07) is 0. The van der Waals surface area contributed by atoms with Gasteiger partial charge < -0.3 is 10.1 Å². The van der Waals surface area contributed by atoms with Crippen molar-refractivity contribution < 1.29 is 4.74 Å². The molecule has 0 aromatic carbocycles. The van der Waals surface area contributed by atoms with Crippen molar-refractivity contribution in [1.82, 2.24) is 15.0 Å². The zero-order valence-electron chi connectivity index (χ0n) is 15.9. The van der Waals surface area contributed by atoms with Gasteiger partial charge in [-0.3, -0.25) is 0 Å². The van der Waals surface area contributed by atoms with E-state index in [2.05, 4.69) is 22.2 Å². The molecule has 3 aromatic heterocycles. The molecule has 0 saturated carbocycles. The molecule has 1 atom stereocenters. The number of rotatable bonds is 6. The predicted octanol–water partition coefficient (Wildman–Crippen LogP) is 4.66. The van der Waals surface area contributed by atoms with Crippen LogP contribution in [0.3, 0.4) is 0 Å². The Hall–Kier alpha value is -1.79. The largest absolute Gasteiger partial charge is 0.376 e. The molecule has 1 fully saturated rings. The highest BCUT2D eigenvalue weighted by Crippen LogP contribution is 2.41. The van der Waals surface area contributed by atoms with Crippen LogP contribution < -0.4 is 5.32 Å². The van der Waals surface area contributed by atoms with Crippen molar-refractivity contribution in [2.75, 3.05) is 18.5 Å². The number of ether oxygens (including phenoxy) is 1. The van der Waals surface area contributed by atoms with Crippen molar-refractivity contribution >= 4 is 37.6 Å². The van der Waals surface area contributed by atoms with Gasteiger partial charge in [-0.1, -0.05) is 13.3 Å². The highest BCUT2D eigenvalue weighted by molar-refractivity contribution is 7.26. The van der Waals surface area contributed by atoms with Crippen LogP contribution >= 0.6 is 11.3 Å². The van der Waals surface area contributed by atoms with E-state index in [4.69, 9.17) is 9.72 Å². The average Bonchev–Trinajstić information content (AvgIpc) is 3.42. The Morgan fingerprint density at radius 2 is 2.15 bits per heavy atom. The van der Waals surface area contributed by atoms with E-state index in [1.165, 1.54) is 47.9 Å². The molecule has 0 unspecified atom stereocenters. The molecule has 4 heterocycles. The number of unbranched alkanes of at least 4 members (excludes halogenated alkanes) is 1. The Balaban J connectivity index is 1.58. The normalized spacial score (nSPS) is 19.2. The van der Waals surface area contributed by atoms with E-state index in [0.29, 0.717) is 6.10 Å². The van der Waals surface area contributed by atoms with Crippen LogP contribution in [0.25, 0.3) is 20.4 Å². The third kappa shape index (κ3) is 3.09. The van der Waals surface area contributed by atoms with Crippen LogP contribution in [0.2, 0.25) is 0 Å². The van der Waals surface area contributed by atoms with E-state index in [0.717, 1.165) is 59.7 Å². The first-order valence-electron chi connectivity index (χ1n) is 10.3. The number of hydrogen-bond donors (Lipinski definition) is 1. The molecule has 5 nitrogen and oxygen atoms in total. The molecule has 1 aliphatic carbocycles. The Morgan fingerprint density at radius 1 is 1.22 bits per heavy atom. The van der Waals surface area contributed by atoms with E-state index in [1.54, 1.807) is 17.7 Å². The predicted molar refractivity (Wildman–Crippen MR) is 111 cm³/mol. The molecule has 1 N–H and O–H groups in total. The third-order valence-electron chi connectivity index (χ3n) is 5.85. The highest BCUT2D eigenvalue weighted by Gasteiger charge is 2.24. The van der Waals surface area contributed by atoms with E-state index in [9.17, 15) is 0 Å². The van der Waals surface area contributed by atoms with Crippen molar-refractivity contribution in [2.45, 2.75) is 64.4 Å². The lowest BCUT2D eigenvalue weighted by Crippen LogP contribution is -2.18. The molecule has 0 amide bonds. The van der Waals surface area contributed by atoms with Crippen LogP contribution in [-0.2, 0) is 24.0 Å². The topological polar surface area (TPSA) is 59.9 Å². The van der Waals surface area contributed by atoms with Gasteiger partial charge in [-0.25, -0.2) is 15.0 Å². The summed E-state index contributed by atoms with van der Waals surface area (Å²) in [6.07, 6.45) is 11.4. The fourth-order valence-corrected chi connectivity index (χ4v) is 5.61. The number of pyridine rings is 1. The van der Waals surface area contributed by atoms with Gasteiger partial charge in [0.25, 0.3) is 0 Å². The van der Waals surface area contributed by atoms with E-state index >= 15 is 0 Å². The van der Waals surface area contributed by atoms with Gasteiger partial charge in [0.05, 0.1) is 16.3 Å². The second-order valence-electron chi connectivity index (χ2n) is 7.67. The minimum atomic E-state index is 0.299. The molecule has 1 aliphatic heterocycles. The van der Waals surface area contributed by atoms with Gasteiger partial charge in [-0.05, 0) is 56.1 Å². The number of hydrogen-bond acceptors (Lipinski definition) is 6. The quantitative estimate of drug-likeness (QED) is 0.672. The molecule has 0 radical (unpaired) electrons. The first kappa shape index (κ1) is 17.3. The molecule has 142 valence electrons. The summed E-state index contributed by atoms with van der Waals surface area (Å²) in [7, 11) is 0. The van der Waals surface area contributed by atoms with Crippen molar-refractivity contribution in [3.05, 3.63) is 23.1 Å². The van der Waals surface area contributed by atoms with E-state index < -0.39 is 0 Å². The molecule has 3 aromatic rings. The third-order valence-corrected chi connectivity index (χ3v) is 6.93. The molecule has 6 heteroatoms. The first-order chi connectivity index (χ1) is 13.3. The molecule has 5 rings (SSSR count). The van der Waals surface area contributed by atoms with Gasteiger partial charge in [0, 0.05) is 24.2 Å². The number of anilines is 1. The van der Waals surface area contributed by atoms with Gasteiger partial charge in [0.1, 0.15) is 17.0 Å². The zero-order chi connectivity index (χ0) is 18.2. The number of aryl methyl sites for hydroxylation is 2. The van der Waals surface area contributed by atoms with Gasteiger partial charge in [0.2, 0.25) is 0 Å². The van der Waals surface area contributed by atoms with Crippen LogP contribution in [0.4, 0.5) is 5.82 Å². The average molecular weight is 383 g/mol. The van der Waals surface area contributed by atoms with Crippen molar-refractivity contribution in [3.8, 4) is 0 Å². The molecule has 27 heavy (non-hydrogen) atoms. The summed E-state index contributed by atoms with van der Waals surface area (Å²) in [4.78, 5) is 15.4. The van der Waals surface area contributed by atoms with Crippen LogP contribution in [0.5, 0.6) is 0 Å². The molecule has 2 aliphatic rings. The number of aromatic nitrogens is 3. The number of nitrogens with one attached hydrogen (secondary N) is 1. The lowest BCUT2D eigenvalue weighted by molar-refractivity contribution is 0.120. The molecule has 0 bridgehead atoms. The highest BCUT2D eigenvalue weighted by atomic mass is 32.1. The van der Waals surface area contributed by atoms with Crippen molar-refractivity contribution in [3.63, 3.8) is 0 Å². The number of nitrogens with zero attached hydrogens (tertiary/aromatic N) is 3. The Kier molecular flexibility index (Phi) is 4.70. The van der Waals surface area contributed by atoms with Gasteiger partial charge in [-0.15, -0.1) is 11.3 Å². The van der Waals surface area contributed by atoms with Crippen molar-refractivity contribution in [2.24, 2.45) is 0 Å². The van der Waals surface area contributed by atoms with E-state index in [-0.39, 0.29) is 0 Å². The van der Waals surface area contributed by atoms with E-state index in [1.807, 2.05) is 0 Å². The molecular formula is C21H26N4OS. The summed E-state index contributed by atoms with van der Waals surface area (Å²) in [5.74, 6) is 0.931. The van der Waals surface area contributed by atoms with Crippen LogP contribution in [0, 0.1) is 0 Å². The maximum atomic E-state index is 5.74. The van der Waals surface area contributed by atoms with Crippen molar-refractivity contribution in [1.29, 1.82) is 0 Å². The Morgan fingerprint density at radius 3 is 3.00 bits per heavy atom. The minimum Gasteiger partial charge on any atom is -0.376 e. The van der Waals surface area contributed by atoms with Gasteiger partial charge >= 0.3 is 0 Å². The summed E-state index contributed by atoms with van der Waals surface area (Å²) in [6.45, 7) is 3.94.